The van der Waals surface area contributed by atoms with Crippen LogP contribution >= 0.6 is 26.9 Å². The van der Waals surface area contributed by atoms with Crippen LogP contribution in [0.4, 0.5) is 4.39 Å². The van der Waals surface area contributed by atoms with Crippen LogP contribution in [0.15, 0.2) is 21.9 Å². The van der Waals surface area contributed by atoms with Gasteiger partial charge in [-0.1, -0.05) is 12.2 Å². The number of hydrogen-bond donors (Lipinski definition) is 5. The van der Waals surface area contributed by atoms with Crippen LogP contribution in [0.5, 0.6) is 0 Å². The van der Waals surface area contributed by atoms with Gasteiger partial charge in [-0.2, -0.15) is 4.31 Å². The number of thiol groups is 1. The summed E-state index contributed by atoms with van der Waals surface area (Å²) in [6.07, 6.45) is -9.73. The number of aromatic amines is 1. The highest BCUT2D eigenvalue weighted by atomic mass is 32.7. The Balaban J connectivity index is 1.36. The zero-order valence-electron chi connectivity index (χ0n) is 30.0. The van der Waals surface area contributed by atoms with Crippen LogP contribution in [0.2, 0.25) is 0 Å². The highest BCUT2D eigenvalue weighted by molar-refractivity contribution is 8.45. The zero-order valence-corrected chi connectivity index (χ0v) is 32.7. The third-order valence-corrected chi connectivity index (χ3v) is 13.0. The van der Waals surface area contributed by atoms with Gasteiger partial charge in [0.1, 0.15) is 49.1 Å². The first-order valence-corrected chi connectivity index (χ1v) is 20.8. The number of aliphatic hydroxyl groups excluding tert-OH is 2. The fraction of sp³-hybridized carbons (Fsp3) is 0.724. The molecule has 2 aliphatic heterocycles. The van der Waals surface area contributed by atoms with Crippen LogP contribution in [-0.2, 0) is 74.8 Å². The molecule has 5 rings (SSSR count). The first kappa shape index (κ1) is 44.1. The van der Waals surface area contributed by atoms with E-state index in [2.05, 4.69) is 16.6 Å². The number of H-pyrrole nitrogens is 1. The standard InChI is InChI=1S/C29H39FN2O21P2S/c1-12(33)45-10-17(47-13(2)34)19-21(38)22(48-14(3)35)20-23(50-29(19,20)49-15(4)36)52-54(41,42)53-55(43,56)46-11-27(30)24(39)28(44-5,16-6-7-16)25(51-27)32-9-8-18(37)31-26(32)40/h8-9,16-17,19-25,38-39H,6-7,10-11H2,1-5H3,(H,41,42)(H,43,56)(H,31,37,40)/t17-,19?,20?,21?,22?,23?,24+,25+,27+,28+,29?,55?/m0/s1. The molecule has 1 aromatic heterocycles. The van der Waals surface area contributed by atoms with Crippen LogP contribution in [0.1, 0.15) is 46.8 Å². The Morgan fingerprint density at radius 2 is 1.73 bits per heavy atom. The van der Waals surface area contributed by atoms with Crippen molar-refractivity contribution in [3.63, 3.8) is 0 Å². The van der Waals surface area contributed by atoms with E-state index in [1.54, 1.807) is 0 Å². The van der Waals surface area contributed by atoms with Gasteiger partial charge in [-0.25, -0.2) is 18.3 Å². The number of phosphoric ester groups is 1. The van der Waals surface area contributed by atoms with Gasteiger partial charge in [0.2, 0.25) is 5.79 Å². The van der Waals surface area contributed by atoms with Gasteiger partial charge in [0.15, 0.2) is 12.5 Å². The van der Waals surface area contributed by atoms with E-state index in [4.69, 9.17) is 42.2 Å². The number of ether oxygens (including phenoxy) is 7. The zero-order chi connectivity index (χ0) is 41.8. The van der Waals surface area contributed by atoms with Crippen molar-refractivity contribution in [2.45, 2.75) is 94.7 Å². The lowest BCUT2D eigenvalue weighted by molar-refractivity contribution is -0.426. The summed E-state index contributed by atoms with van der Waals surface area (Å²) in [4.78, 5) is 84.9. The van der Waals surface area contributed by atoms with E-state index in [9.17, 15) is 53.0 Å². The maximum Gasteiger partial charge on any atom is 0.482 e. The fourth-order valence-corrected chi connectivity index (χ4v) is 10.5. The molecule has 0 bridgehead atoms. The second kappa shape index (κ2) is 15.9. The average Bonchev–Trinajstić information content (AvgIpc) is 3.85. The summed E-state index contributed by atoms with van der Waals surface area (Å²) in [6.45, 7) is -3.70. The molecule has 56 heavy (non-hydrogen) atoms. The molecule has 0 aromatic carbocycles. The highest BCUT2D eigenvalue weighted by Gasteiger charge is 2.78. The molecular formula is C29H39FN2O21P2S. The molecule has 0 spiro atoms. The van der Waals surface area contributed by atoms with Crippen molar-refractivity contribution in [1.29, 1.82) is 0 Å². The summed E-state index contributed by atoms with van der Waals surface area (Å²) in [5, 5.41) is 22.6. The predicted molar refractivity (Wildman–Crippen MR) is 178 cm³/mol. The first-order chi connectivity index (χ1) is 25.9. The second-order valence-corrected chi connectivity index (χ2v) is 17.7. The van der Waals surface area contributed by atoms with E-state index in [0.717, 1.165) is 51.6 Å². The van der Waals surface area contributed by atoms with Gasteiger partial charge in [0.05, 0.1) is 5.92 Å². The first-order valence-electron chi connectivity index (χ1n) is 16.6. The average molecular weight is 865 g/mol. The van der Waals surface area contributed by atoms with Crippen molar-refractivity contribution in [2.24, 2.45) is 17.8 Å². The molecule has 314 valence electrons. The molecule has 0 radical (unpaired) electrons. The van der Waals surface area contributed by atoms with Crippen molar-refractivity contribution in [1.82, 2.24) is 9.55 Å². The molecule has 1 aromatic rings. The van der Waals surface area contributed by atoms with Crippen molar-refractivity contribution in [3.05, 3.63) is 33.1 Å². The van der Waals surface area contributed by atoms with Gasteiger partial charge in [0.25, 0.3) is 11.4 Å². The van der Waals surface area contributed by atoms with Gasteiger partial charge in [-0.15, -0.1) is 0 Å². The number of aliphatic hydroxyl groups is 2. The number of halogens is 1. The number of fused-ring (bicyclic) bond motifs is 1. The second-order valence-electron chi connectivity index (χ2n) is 13.3. The maximum atomic E-state index is 16.5. The highest BCUT2D eigenvalue weighted by Crippen LogP contribution is 2.69. The van der Waals surface area contributed by atoms with Crippen LogP contribution in [-0.4, -0.2) is 117 Å². The van der Waals surface area contributed by atoms with Crippen LogP contribution in [0.3, 0.4) is 0 Å². The number of hydrogen-bond acceptors (Lipinski definition) is 20. The van der Waals surface area contributed by atoms with Crippen molar-refractivity contribution >= 4 is 50.7 Å². The molecule has 4 N–H and O–H groups in total. The molecule has 2 saturated heterocycles. The van der Waals surface area contributed by atoms with Crippen LogP contribution in [0.25, 0.3) is 0 Å². The number of phosphoric acid groups is 1. The number of aromatic nitrogens is 2. The van der Waals surface area contributed by atoms with E-state index in [1.807, 2.05) is 4.98 Å². The largest absolute Gasteiger partial charge is 0.482 e. The number of methoxy groups -OCH3 is 1. The number of esters is 4. The third kappa shape index (κ3) is 8.54. The van der Waals surface area contributed by atoms with E-state index >= 15 is 4.39 Å². The molecular weight excluding hydrogens is 825 g/mol. The molecule has 2 saturated carbocycles. The number of nitrogens with one attached hydrogen (secondary N) is 1. The van der Waals surface area contributed by atoms with Gasteiger partial charge in [0, 0.05) is 47.1 Å². The Morgan fingerprint density at radius 1 is 1.07 bits per heavy atom. The summed E-state index contributed by atoms with van der Waals surface area (Å²) >= 11 is 3.62. The third-order valence-electron chi connectivity index (χ3n) is 9.43. The van der Waals surface area contributed by atoms with Crippen LogP contribution in [0, 0.1) is 17.8 Å². The number of rotatable bonds is 16. The molecule has 2 aliphatic carbocycles. The Kier molecular flexibility index (Phi) is 12.5. The Hall–Kier alpha value is -3.06. The van der Waals surface area contributed by atoms with Crippen molar-refractivity contribution in [2.75, 3.05) is 20.3 Å². The topological polar surface area (TPSA) is 310 Å². The summed E-state index contributed by atoms with van der Waals surface area (Å²) in [5.74, 6) is -13.7. The van der Waals surface area contributed by atoms with Gasteiger partial charge < -0.3 is 48.3 Å². The molecule has 4 fully saturated rings. The summed E-state index contributed by atoms with van der Waals surface area (Å²) in [7, 11) is -4.65. The minimum Gasteiger partial charge on any atom is -0.462 e. The monoisotopic (exact) mass is 864 g/mol. The molecule has 8 unspecified atom stereocenters. The Labute approximate surface area is 320 Å². The lowest BCUT2D eigenvalue weighted by atomic mass is 9.85. The SMILES string of the molecule is CO[C@@]1(C2CC2)[C@H](n2ccc(=O)[nH]c2=O)O[C@](F)(COP(=O)(S)OP(=O)(O)OC2OC3(OC(C)=O)C2C(OC(C)=O)C(O)C3[C@H](COC(C)=O)OC(C)=O)[C@H]1O. The van der Waals surface area contributed by atoms with Gasteiger partial charge >= 0.3 is 44.2 Å². The van der Waals surface area contributed by atoms with Gasteiger partial charge in [-0.3, -0.25) is 42.6 Å². The van der Waals surface area contributed by atoms with E-state index < -0.39 is 135 Å². The quantitative estimate of drug-likeness (QED) is 0.0618. The Morgan fingerprint density at radius 3 is 2.27 bits per heavy atom. The lowest BCUT2D eigenvalue weighted by Crippen LogP contribution is -2.67. The van der Waals surface area contributed by atoms with E-state index in [0.29, 0.717) is 12.8 Å². The maximum absolute atomic E-state index is 16.5. The number of alkyl halides is 1. The minimum absolute atomic E-state index is 0.397. The molecule has 27 heteroatoms. The normalized spacial score (nSPS) is 36.2. The summed E-state index contributed by atoms with van der Waals surface area (Å²) < 4.78 is 95.7. The molecule has 3 heterocycles. The van der Waals surface area contributed by atoms with Crippen molar-refractivity contribution in [3.8, 4) is 0 Å². The number of carbonyl (C=O) groups is 4. The predicted octanol–water partition coefficient (Wildman–Crippen LogP) is -0.275. The van der Waals surface area contributed by atoms with Gasteiger partial charge in [-0.05, 0) is 18.8 Å². The van der Waals surface area contributed by atoms with E-state index in [-0.39, 0.29) is 0 Å². The smallest absolute Gasteiger partial charge is 0.462 e. The molecule has 4 aliphatic rings. The van der Waals surface area contributed by atoms with Crippen LogP contribution < -0.4 is 11.2 Å². The van der Waals surface area contributed by atoms with Crippen molar-refractivity contribution < 1.29 is 94.3 Å². The fourth-order valence-electron chi connectivity index (χ4n) is 7.33. The molecule has 23 nitrogen and oxygen atoms in total. The lowest BCUT2D eigenvalue weighted by Gasteiger charge is -2.52. The summed E-state index contributed by atoms with van der Waals surface area (Å²) in [5.41, 5.74) is -3.80. The molecule has 13 atom stereocenters. The number of carbonyl (C=O) groups excluding carboxylic acids is 4. The Bertz CT molecular complexity index is 1950. The minimum atomic E-state index is -5.76. The van der Waals surface area contributed by atoms with E-state index in [1.165, 1.54) is 0 Å². The summed E-state index contributed by atoms with van der Waals surface area (Å²) in [6, 6.07) is 0.929. The molecule has 0 amide bonds. The number of nitrogens with zero attached hydrogens (tertiary/aromatic N) is 1.